The number of hydrogen-bond donors (Lipinski definition) is 1. The molecule has 1 aromatic rings. The second-order valence-electron chi connectivity index (χ2n) is 6.43. The number of nitrogens with zero attached hydrogens (tertiary/aromatic N) is 2. The molecule has 2 rings (SSSR count). The molecule has 0 radical (unpaired) electrons. The summed E-state index contributed by atoms with van der Waals surface area (Å²) < 4.78 is 0. The smallest absolute Gasteiger partial charge is 0.239 e. The zero-order valence-corrected chi connectivity index (χ0v) is 17.1. The van der Waals surface area contributed by atoms with E-state index in [0.717, 1.165) is 25.1 Å². The van der Waals surface area contributed by atoms with Gasteiger partial charge >= 0.3 is 0 Å². The average Bonchev–Trinajstić information content (AvgIpc) is 2.90. The summed E-state index contributed by atoms with van der Waals surface area (Å²) in [7, 11) is 0. The number of nitrogens with two attached hydrogens (primary N) is 1. The quantitative estimate of drug-likeness (QED) is 0.763. The van der Waals surface area contributed by atoms with Gasteiger partial charge < -0.3 is 15.5 Å². The zero-order valence-electron chi connectivity index (χ0n) is 15.4. The highest BCUT2D eigenvalue weighted by atomic mass is 35.5. The number of amides is 2. The second-order valence-corrected chi connectivity index (χ2v) is 7.42. The highest BCUT2D eigenvalue weighted by Gasteiger charge is 2.25. The summed E-state index contributed by atoms with van der Waals surface area (Å²) in [6.07, 6.45) is 4.82. The van der Waals surface area contributed by atoms with Crippen LogP contribution in [0.5, 0.6) is 0 Å². The molecule has 1 heterocycles. The van der Waals surface area contributed by atoms with Gasteiger partial charge in [-0.15, -0.1) is 12.4 Å². The molecule has 1 fully saturated rings. The standard InChI is InChI=1S/C19H29N3O2S.ClH/c1-25-15-10-17(20)19(24)22-12-5-11-21(13-14-22)18(23)9-8-16-6-3-2-4-7-16;/h2-4,6-7,17H,5,8-15,20H2,1H3;1H/t17-;/m0./s1. The monoisotopic (exact) mass is 399 g/mol. The molecule has 1 atom stereocenters. The van der Waals surface area contributed by atoms with Crippen LogP contribution in [0, 0.1) is 0 Å². The molecular formula is C19H30ClN3O2S. The largest absolute Gasteiger partial charge is 0.341 e. The predicted octanol–water partition coefficient (Wildman–Crippen LogP) is 2.18. The molecular weight excluding hydrogens is 370 g/mol. The first kappa shape index (κ1) is 22.8. The van der Waals surface area contributed by atoms with Crippen molar-refractivity contribution in [1.82, 2.24) is 9.80 Å². The summed E-state index contributed by atoms with van der Waals surface area (Å²) in [5.41, 5.74) is 7.19. The van der Waals surface area contributed by atoms with Gasteiger partial charge in [0.15, 0.2) is 0 Å². The van der Waals surface area contributed by atoms with Crippen LogP contribution in [0.4, 0.5) is 0 Å². The number of benzene rings is 1. The molecule has 2 N–H and O–H groups in total. The summed E-state index contributed by atoms with van der Waals surface area (Å²) in [4.78, 5) is 28.6. The van der Waals surface area contributed by atoms with Gasteiger partial charge in [-0.1, -0.05) is 30.3 Å². The normalized spacial score (nSPS) is 15.8. The van der Waals surface area contributed by atoms with E-state index in [9.17, 15) is 9.59 Å². The Bertz CT molecular complexity index is 559. The molecule has 1 aliphatic rings. The van der Waals surface area contributed by atoms with Gasteiger partial charge in [-0.25, -0.2) is 0 Å². The maximum absolute atomic E-state index is 12.5. The van der Waals surface area contributed by atoms with E-state index in [1.165, 1.54) is 5.56 Å². The number of carbonyl (C=O) groups is 2. The van der Waals surface area contributed by atoms with Gasteiger partial charge in [0.1, 0.15) is 0 Å². The maximum atomic E-state index is 12.5. The Morgan fingerprint density at radius 3 is 2.46 bits per heavy atom. The highest BCUT2D eigenvalue weighted by Crippen LogP contribution is 2.10. The molecule has 1 aromatic carbocycles. The zero-order chi connectivity index (χ0) is 18.1. The molecule has 0 bridgehead atoms. The van der Waals surface area contributed by atoms with E-state index in [4.69, 9.17) is 5.73 Å². The summed E-state index contributed by atoms with van der Waals surface area (Å²) in [6.45, 7) is 2.60. The fourth-order valence-electron chi connectivity index (χ4n) is 3.04. The topological polar surface area (TPSA) is 66.6 Å². The van der Waals surface area contributed by atoms with Crippen molar-refractivity contribution >= 4 is 36.0 Å². The van der Waals surface area contributed by atoms with Crippen LogP contribution in [-0.4, -0.2) is 65.8 Å². The van der Waals surface area contributed by atoms with Gasteiger partial charge in [0, 0.05) is 32.6 Å². The van der Waals surface area contributed by atoms with Crippen LogP contribution in [0.15, 0.2) is 30.3 Å². The SMILES string of the molecule is CSCC[C@H](N)C(=O)N1CCCN(C(=O)CCc2ccccc2)CC1.Cl. The first-order valence-corrected chi connectivity index (χ1v) is 10.4. The van der Waals surface area contributed by atoms with Crippen molar-refractivity contribution in [2.45, 2.75) is 31.7 Å². The second kappa shape index (κ2) is 12.2. The number of aryl methyl sites for hydroxylation is 1. The molecule has 146 valence electrons. The van der Waals surface area contributed by atoms with Crippen molar-refractivity contribution in [3.05, 3.63) is 35.9 Å². The Hall–Kier alpha value is -1.24. The maximum Gasteiger partial charge on any atom is 0.239 e. The first-order valence-electron chi connectivity index (χ1n) is 8.97. The van der Waals surface area contributed by atoms with Crippen molar-refractivity contribution in [2.75, 3.05) is 38.2 Å². The lowest BCUT2D eigenvalue weighted by Crippen LogP contribution is -2.45. The molecule has 2 amide bonds. The molecule has 1 saturated heterocycles. The minimum atomic E-state index is -0.423. The van der Waals surface area contributed by atoms with Crippen LogP contribution in [0.1, 0.15) is 24.8 Å². The van der Waals surface area contributed by atoms with E-state index in [-0.39, 0.29) is 24.2 Å². The predicted molar refractivity (Wildman–Crippen MR) is 111 cm³/mol. The molecule has 0 spiro atoms. The van der Waals surface area contributed by atoms with E-state index in [0.29, 0.717) is 32.5 Å². The number of hydrogen-bond acceptors (Lipinski definition) is 4. The van der Waals surface area contributed by atoms with Gasteiger partial charge in [-0.05, 0) is 36.8 Å². The molecule has 0 aliphatic carbocycles. The van der Waals surface area contributed by atoms with E-state index < -0.39 is 6.04 Å². The Morgan fingerprint density at radius 2 is 1.77 bits per heavy atom. The molecule has 26 heavy (non-hydrogen) atoms. The third kappa shape index (κ3) is 7.17. The lowest BCUT2D eigenvalue weighted by atomic mass is 10.1. The minimum Gasteiger partial charge on any atom is -0.341 e. The van der Waals surface area contributed by atoms with Crippen LogP contribution in [0.3, 0.4) is 0 Å². The van der Waals surface area contributed by atoms with Crippen LogP contribution in [-0.2, 0) is 16.0 Å². The molecule has 1 aliphatic heterocycles. The Kier molecular flexibility index (Phi) is 10.7. The van der Waals surface area contributed by atoms with Crippen molar-refractivity contribution in [3.63, 3.8) is 0 Å². The van der Waals surface area contributed by atoms with E-state index in [1.807, 2.05) is 46.4 Å². The molecule has 0 aromatic heterocycles. The van der Waals surface area contributed by atoms with E-state index in [2.05, 4.69) is 0 Å². The molecule has 5 nitrogen and oxygen atoms in total. The first-order chi connectivity index (χ1) is 12.1. The van der Waals surface area contributed by atoms with Gasteiger partial charge in [-0.3, -0.25) is 9.59 Å². The van der Waals surface area contributed by atoms with Gasteiger partial charge in [-0.2, -0.15) is 11.8 Å². The fraction of sp³-hybridized carbons (Fsp3) is 0.579. The van der Waals surface area contributed by atoms with Crippen molar-refractivity contribution < 1.29 is 9.59 Å². The Balaban J connectivity index is 0.00000338. The van der Waals surface area contributed by atoms with E-state index in [1.54, 1.807) is 11.8 Å². The Morgan fingerprint density at radius 1 is 1.12 bits per heavy atom. The third-order valence-electron chi connectivity index (χ3n) is 4.58. The average molecular weight is 400 g/mol. The summed E-state index contributed by atoms with van der Waals surface area (Å²) in [6, 6.07) is 9.64. The van der Waals surface area contributed by atoms with Crippen molar-refractivity contribution in [1.29, 1.82) is 0 Å². The number of carbonyl (C=O) groups excluding carboxylic acids is 2. The molecule has 7 heteroatoms. The van der Waals surface area contributed by atoms with E-state index >= 15 is 0 Å². The fourth-order valence-corrected chi connectivity index (χ4v) is 3.53. The Labute approximate surface area is 167 Å². The lowest BCUT2D eigenvalue weighted by Gasteiger charge is -2.24. The van der Waals surface area contributed by atoms with Gasteiger partial charge in [0.25, 0.3) is 0 Å². The lowest BCUT2D eigenvalue weighted by molar-refractivity contribution is -0.134. The summed E-state index contributed by atoms with van der Waals surface area (Å²) in [5.74, 6) is 1.09. The number of rotatable bonds is 7. The molecule has 0 saturated carbocycles. The summed E-state index contributed by atoms with van der Waals surface area (Å²) >= 11 is 1.70. The van der Waals surface area contributed by atoms with Gasteiger partial charge in [0.05, 0.1) is 6.04 Å². The number of thioether (sulfide) groups is 1. The minimum absolute atomic E-state index is 0. The van der Waals surface area contributed by atoms with Gasteiger partial charge in [0.2, 0.25) is 11.8 Å². The summed E-state index contributed by atoms with van der Waals surface area (Å²) in [5, 5.41) is 0. The van der Waals surface area contributed by atoms with Crippen molar-refractivity contribution in [2.24, 2.45) is 5.73 Å². The van der Waals surface area contributed by atoms with Crippen LogP contribution in [0.2, 0.25) is 0 Å². The van der Waals surface area contributed by atoms with Crippen molar-refractivity contribution in [3.8, 4) is 0 Å². The van der Waals surface area contributed by atoms with Crippen LogP contribution < -0.4 is 5.73 Å². The van der Waals surface area contributed by atoms with Crippen LogP contribution in [0.25, 0.3) is 0 Å². The molecule has 0 unspecified atom stereocenters. The highest BCUT2D eigenvalue weighted by molar-refractivity contribution is 7.98. The number of halogens is 1. The third-order valence-corrected chi connectivity index (χ3v) is 5.22. The van der Waals surface area contributed by atoms with Crippen LogP contribution >= 0.6 is 24.2 Å².